The molecule has 0 fully saturated rings. The predicted octanol–water partition coefficient (Wildman–Crippen LogP) is 2.58. The number of carbonyl (C=O) groups is 1. The smallest absolute Gasteiger partial charge is 0.334 e. The van der Waals surface area contributed by atoms with Crippen molar-refractivity contribution < 1.29 is 18.4 Å². The van der Waals surface area contributed by atoms with Crippen LogP contribution in [-0.4, -0.2) is 42.3 Å². The van der Waals surface area contributed by atoms with Crippen molar-refractivity contribution in [3.05, 3.63) is 35.9 Å². The number of amides is 1. The second-order valence-electron chi connectivity index (χ2n) is 5.04. The SMILES string of the molecule is COc1ccc(C=CC(=O)NCCC[Si](C)(OC)OC)cc1. The van der Waals surface area contributed by atoms with Crippen LogP contribution >= 0.6 is 0 Å². The lowest BCUT2D eigenvalue weighted by molar-refractivity contribution is -0.116. The molecule has 0 aliphatic carbocycles. The van der Waals surface area contributed by atoms with Crippen LogP contribution < -0.4 is 10.1 Å². The van der Waals surface area contributed by atoms with E-state index in [0.717, 1.165) is 23.8 Å². The number of ether oxygens (including phenoxy) is 1. The first-order valence-electron chi connectivity index (χ1n) is 7.23. The van der Waals surface area contributed by atoms with Crippen molar-refractivity contribution in [3.63, 3.8) is 0 Å². The number of methoxy groups -OCH3 is 1. The highest BCUT2D eigenvalue weighted by molar-refractivity contribution is 6.65. The van der Waals surface area contributed by atoms with E-state index < -0.39 is 8.56 Å². The molecule has 6 heteroatoms. The van der Waals surface area contributed by atoms with E-state index in [0.29, 0.717) is 6.54 Å². The third-order valence-electron chi connectivity index (χ3n) is 3.51. The molecule has 1 rings (SSSR count). The van der Waals surface area contributed by atoms with Crippen LogP contribution in [0.2, 0.25) is 12.6 Å². The average molecular weight is 323 g/mol. The molecule has 0 saturated heterocycles. The maximum atomic E-state index is 11.7. The minimum absolute atomic E-state index is 0.103. The zero-order valence-electron chi connectivity index (χ0n) is 13.7. The molecular weight excluding hydrogens is 298 g/mol. The first kappa shape index (κ1) is 18.4. The van der Waals surface area contributed by atoms with Gasteiger partial charge in [0.1, 0.15) is 5.75 Å². The van der Waals surface area contributed by atoms with Gasteiger partial charge in [0.25, 0.3) is 0 Å². The molecule has 1 amide bonds. The van der Waals surface area contributed by atoms with Crippen molar-refractivity contribution >= 4 is 20.5 Å². The standard InChI is InChI=1S/C16H25NO4Si/c1-19-15-9-6-14(7-10-15)8-11-16(18)17-12-5-13-22(4,20-2)21-3/h6-11H,5,12-13H2,1-4H3,(H,17,18). The average Bonchev–Trinajstić information content (AvgIpc) is 2.57. The first-order chi connectivity index (χ1) is 10.5. The van der Waals surface area contributed by atoms with E-state index >= 15 is 0 Å². The van der Waals surface area contributed by atoms with E-state index in [1.165, 1.54) is 6.08 Å². The summed E-state index contributed by atoms with van der Waals surface area (Å²) in [6.07, 6.45) is 4.15. The van der Waals surface area contributed by atoms with Crippen LogP contribution in [0.25, 0.3) is 6.08 Å². The number of carbonyl (C=O) groups excluding carboxylic acids is 1. The summed E-state index contributed by atoms with van der Waals surface area (Å²) in [5, 5.41) is 2.86. The summed E-state index contributed by atoms with van der Waals surface area (Å²) in [6.45, 7) is 2.62. The maximum absolute atomic E-state index is 11.7. The Hall–Kier alpha value is -1.63. The Kier molecular flexibility index (Phi) is 7.87. The molecule has 0 unspecified atom stereocenters. The van der Waals surface area contributed by atoms with Crippen LogP contribution in [0.1, 0.15) is 12.0 Å². The molecule has 0 bridgehead atoms. The van der Waals surface area contributed by atoms with Gasteiger partial charge in [-0.15, -0.1) is 0 Å². The van der Waals surface area contributed by atoms with Gasteiger partial charge in [0.05, 0.1) is 7.11 Å². The molecule has 1 aromatic carbocycles. The molecule has 0 saturated carbocycles. The van der Waals surface area contributed by atoms with Crippen LogP contribution in [0.3, 0.4) is 0 Å². The normalized spacial score (nSPS) is 11.6. The highest BCUT2D eigenvalue weighted by Gasteiger charge is 2.27. The molecule has 0 aromatic heterocycles. The number of rotatable bonds is 9. The van der Waals surface area contributed by atoms with Crippen molar-refractivity contribution in [3.8, 4) is 5.75 Å². The van der Waals surface area contributed by atoms with Crippen LogP contribution in [-0.2, 0) is 13.6 Å². The van der Waals surface area contributed by atoms with E-state index in [1.807, 2.05) is 30.8 Å². The molecule has 1 aromatic rings. The Morgan fingerprint density at radius 1 is 1.18 bits per heavy atom. The van der Waals surface area contributed by atoms with Crippen LogP contribution in [0.5, 0.6) is 5.75 Å². The number of benzene rings is 1. The third-order valence-corrected chi connectivity index (χ3v) is 6.50. The predicted molar refractivity (Wildman–Crippen MR) is 90.1 cm³/mol. The lowest BCUT2D eigenvalue weighted by Crippen LogP contribution is -2.37. The van der Waals surface area contributed by atoms with Gasteiger partial charge in [-0.1, -0.05) is 12.1 Å². The molecule has 0 aliphatic heterocycles. The van der Waals surface area contributed by atoms with Gasteiger partial charge >= 0.3 is 8.56 Å². The van der Waals surface area contributed by atoms with Gasteiger partial charge in [0, 0.05) is 26.8 Å². The van der Waals surface area contributed by atoms with Gasteiger partial charge in [-0.05, 0) is 42.8 Å². The summed E-state index contributed by atoms with van der Waals surface area (Å²) in [7, 11) is 2.94. The monoisotopic (exact) mass is 323 g/mol. The summed E-state index contributed by atoms with van der Waals surface area (Å²) < 4.78 is 15.9. The molecule has 0 atom stereocenters. The highest BCUT2D eigenvalue weighted by atomic mass is 28.4. The van der Waals surface area contributed by atoms with Crippen LogP contribution in [0, 0.1) is 0 Å². The van der Waals surface area contributed by atoms with Gasteiger partial charge in [0.2, 0.25) is 5.91 Å². The Balaban J connectivity index is 2.32. The minimum atomic E-state index is -2.03. The van der Waals surface area contributed by atoms with Gasteiger partial charge in [0.15, 0.2) is 0 Å². The van der Waals surface area contributed by atoms with Crippen molar-refractivity contribution in [2.45, 2.75) is 19.0 Å². The van der Waals surface area contributed by atoms with Gasteiger partial charge in [-0.25, -0.2) is 0 Å². The molecule has 122 valence electrons. The lowest BCUT2D eigenvalue weighted by atomic mass is 10.2. The molecule has 5 nitrogen and oxygen atoms in total. The molecule has 22 heavy (non-hydrogen) atoms. The quantitative estimate of drug-likeness (QED) is 0.431. The highest BCUT2D eigenvalue weighted by Crippen LogP contribution is 2.13. The summed E-state index contributed by atoms with van der Waals surface area (Å²) in [5.41, 5.74) is 0.953. The Morgan fingerprint density at radius 2 is 1.82 bits per heavy atom. The van der Waals surface area contributed by atoms with Crippen molar-refractivity contribution in [1.82, 2.24) is 5.32 Å². The van der Waals surface area contributed by atoms with Gasteiger partial charge in [-0.2, -0.15) is 0 Å². The summed E-state index contributed by atoms with van der Waals surface area (Å²) >= 11 is 0. The molecule has 0 spiro atoms. The van der Waals surface area contributed by atoms with Crippen molar-refractivity contribution in [2.75, 3.05) is 27.9 Å². The second kappa shape index (κ2) is 9.40. The number of nitrogens with one attached hydrogen (secondary N) is 1. The van der Waals surface area contributed by atoms with E-state index in [2.05, 4.69) is 5.32 Å². The summed E-state index contributed by atoms with van der Waals surface area (Å²) in [5.74, 6) is 0.694. The van der Waals surface area contributed by atoms with Crippen LogP contribution in [0.15, 0.2) is 30.3 Å². The summed E-state index contributed by atoms with van der Waals surface area (Å²) in [4.78, 5) is 11.7. The van der Waals surface area contributed by atoms with E-state index in [4.69, 9.17) is 13.6 Å². The van der Waals surface area contributed by atoms with Crippen molar-refractivity contribution in [1.29, 1.82) is 0 Å². The third kappa shape index (κ3) is 6.42. The topological polar surface area (TPSA) is 56.8 Å². The largest absolute Gasteiger partial charge is 0.497 e. The number of hydrogen-bond donors (Lipinski definition) is 1. The fourth-order valence-corrected chi connectivity index (χ4v) is 3.25. The van der Waals surface area contributed by atoms with Crippen LogP contribution in [0.4, 0.5) is 0 Å². The van der Waals surface area contributed by atoms with Crippen molar-refractivity contribution in [2.24, 2.45) is 0 Å². The lowest BCUT2D eigenvalue weighted by Gasteiger charge is -2.22. The summed E-state index contributed by atoms with van der Waals surface area (Å²) in [6, 6.07) is 8.37. The Bertz CT molecular complexity index is 483. The molecule has 0 heterocycles. The zero-order valence-corrected chi connectivity index (χ0v) is 14.7. The zero-order chi connectivity index (χ0) is 16.4. The number of hydrogen-bond acceptors (Lipinski definition) is 4. The molecule has 0 radical (unpaired) electrons. The minimum Gasteiger partial charge on any atom is -0.497 e. The fourth-order valence-electron chi connectivity index (χ4n) is 1.85. The molecule has 0 aliphatic rings. The fraction of sp³-hybridized carbons (Fsp3) is 0.438. The molecular formula is C16H25NO4Si. The van der Waals surface area contributed by atoms with E-state index in [9.17, 15) is 4.79 Å². The first-order valence-corrected chi connectivity index (χ1v) is 9.75. The second-order valence-corrected chi connectivity index (χ2v) is 8.63. The Labute approximate surface area is 133 Å². The molecule has 1 N–H and O–H groups in total. The van der Waals surface area contributed by atoms with Gasteiger partial charge in [-0.3, -0.25) is 4.79 Å². The maximum Gasteiger partial charge on any atom is 0.334 e. The van der Waals surface area contributed by atoms with E-state index in [-0.39, 0.29) is 5.91 Å². The Morgan fingerprint density at radius 3 is 2.36 bits per heavy atom. The van der Waals surface area contributed by atoms with E-state index in [1.54, 1.807) is 27.4 Å². The van der Waals surface area contributed by atoms with Gasteiger partial charge < -0.3 is 18.9 Å².